The zero-order chi connectivity index (χ0) is 26.3. The van der Waals surface area contributed by atoms with E-state index in [4.69, 9.17) is 33.7 Å². The summed E-state index contributed by atoms with van der Waals surface area (Å²) in [7, 11) is 0. The molecule has 2 N–H and O–H groups in total. The molecule has 7 heteroatoms. The third-order valence-corrected chi connectivity index (χ3v) is 6.46. The normalized spacial score (nSPS) is 13.3. The fraction of sp³-hybridized carbons (Fsp3) is 0.448. The topological polar surface area (TPSA) is 69.4 Å². The largest absolute Gasteiger partial charge is 0.466 e. The second-order valence-electron chi connectivity index (χ2n) is 8.79. The van der Waals surface area contributed by atoms with Gasteiger partial charge in [0.05, 0.1) is 18.6 Å². The zero-order valence-electron chi connectivity index (χ0n) is 20.9. The van der Waals surface area contributed by atoms with Crippen LogP contribution in [0.2, 0.25) is 0 Å². The lowest BCUT2D eigenvalue weighted by Crippen LogP contribution is -2.32. The molecular formula is C29H36Cl2FNO3. The van der Waals surface area contributed by atoms with E-state index in [0.717, 1.165) is 35.1 Å². The Labute approximate surface area is 224 Å². The van der Waals surface area contributed by atoms with Gasteiger partial charge >= 0.3 is 5.97 Å². The summed E-state index contributed by atoms with van der Waals surface area (Å²) >= 11 is 11.7. The number of carbonyl (C=O) groups excluding carboxylic acids is 2. The number of benzene rings is 2. The van der Waals surface area contributed by atoms with Crippen LogP contribution in [0.25, 0.3) is 5.57 Å². The summed E-state index contributed by atoms with van der Waals surface area (Å²) < 4.78 is 18.4. The van der Waals surface area contributed by atoms with Crippen LogP contribution in [0.3, 0.4) is 0 Å². The van der Waals surface area contributed by atoms with Gasteiger partial charge in [0.25, 0.3) is 0 Å². The van der Waals surface area contributed by atoms with Crippen molar-refractivity contribution < 1.29 is 18.7 Å². The summed E-state index contributed by atoms with van der Waals surface area (Å²) in [5.41, 5.74) is 10.3. The lowest BCUT2D eigenvalue weighted by atomic mass is 9.92. The molecule has 0 heterocycles. The van der Waals surface area contributed by atoms with Crippen molar-refractivity contribution >= 4 is 40.5 Å². The summed E-state index contributed by atoms with van der Waals surface area (Å²) in [6.07, 6.45) is 5.88. The highest BCUT2D eigenvalue weighted by Gasteiger charge is 2.22. The van der Waals surface area contributed by atoms with Crippen LogP contribution in [-0.4, -0.2) is 36.2 Å². The van der Waals surface area contributed by atoms with Crippen LogP contribution in [0, 0.1) is 11.7 Å². The van der Waals surface area contributed by atoms with Crippen molar-refractivity contribution in [3.63, 3.8) is 0 Å². The van der Waals surface area contributed by atoms with Gasteiger partial charge in [-0.25, -0.2) is 4.39 Å². The number of nitrogens with two attached hydrogens (primary N) is 1. The molecule has 2 aromatic rings. The molecule has 36 heavy (non-hydrogen) atoms. The summed E-state index contributed by atoms with van der Waals surface area (Å²) in [6.45, 7) is 2.05. The van der Waals surface area contributed by atoms with Gasteiger partial charge < -0.3 is 10.5 Å². The van der Waals surface area contributed by atoms with Crippen LogP contribution in [0.5, 0.6) is 0 Å². The van der Waals surface area contributed by atoms with Crippen LogP contribution < -0.4 is 5.73 Å². The number of Topliss-reactive ketones (excluding diaryl/α,β-unsaturated/α-hetero) is 1. The first kappa shape index (κ1) is 30.0. The van der Waals surface area contributed by atoms with Gasteiger partial charge in [0.15, 0.2) is 0 Å². The highest BCUT2D eigenvalue weighted by atomic mass is 35.5. The maximum absolute atomic E-state index is 13.2. The molecule has 196 valence electrons. The highest BCUT2D eigenvalue weighted by Crippen LogP contribution is 2.22. The third-order valence-electron chi connectivity index (χ3n) is 6.05. The first-order chi connectivity index (χ1) is 17.4. The Morgan fingerprint density at radius 2 is 1.61 bits per heavy atom. The van der Waals surface area contributed by atoms with Gasteiger partial charge in [0.1, 0.15) is 11.6 Å². The number of allylic oxidation sites excluding steroid dienone is 2. The minimum atomic E-state index is -0.608. The second kappa shape index (κ2) is 16.5. The monoisotopic (exact) mass is 535 g/mol. The molecule has 0 amide bonds. The van der Waals surface area contributed by atoms with Crippen molar-refractivity contribution in [2.45, 2.75) is 57.9 Å². The molecule has 2 rings (SSSR count). The second-order valence-corrected chi connectivity index (χ2v) is 9.55. The fourth-order valence-corrected chi connectivity index (χ4v) is 4.41. The van der Waals surface area contributed by atoms with Crippen LogP contribution in [-0.2, 0) is 27.2 Å². The number of carbonyl (C=O) groups is 2. The van der Waals surface area contributed by atoms with E-state index in [0.29, 0.717) is 43.9 Å². The van der Waals surface area contributed by atoms with Crippen molar-refractivity contribution in [3.8, 4) is 0 Å². The molecule has 0 aliphatic carbocycles. The molecule has 0 aliphatic heterocycles. The minimum absolute atomic E-state index is 0.0340. The lowest BCUT2D eigenvalue weighted by Gasteiger charge is -2.16. The quantitative estimate of drug-likeness (QED) is 0.197. The highest BCUT2D eigenvalue weighted by molar-refractivity contribution is 6.18. The fourth-order valence-electron chi connectivity index (χ4n) is 4.09. The Balaban J connectivity index is 1.89. The standard InChI is InChI=1S/C29H36Cl2FNO3/c1-2-36-29(35)25(19-21-10-14-26(32)15-11-21)5-3-7-28(34)27(33)20-22-8-12-24(13-9-22)23(16-18-31)6-4-17-30/h6,8-15,25,27H,2-5,7,16-20,33H2,1H3/b23-6+/t25-,27-/m0/s1. The van der Waals surface area contributed by atoms with E-state index >= 15 is 0 Å². The van der Waals surface area contributed by atoms with E-state index in [-0.39, 0.29) is 30.1 Å². The van der Waals surface area contributed by atoms with Crippen molar-refractivity contribution in [2.75, 3.05) is 18.4 Å². The number of ether oxygens (including phenoxy) is 1. The van der Waals surface area contributed by atoms with Crippen molar-refractivity contribution in [2.24, 2.45) is 11.7 Å². The predicted octanol–water partition coefficient (Wildman–Crippen LogP) is 6.50. The van der Waals surface area contributed by atoms with E-state index in [2.05, 4.69) is 6.08 Å². The lowest BCUT2D eigenvalue weighted by molar-refractivity contribution is -0.148. The van der Waals surface area contributed by atoms with Crippen LogP contribution in [0.15, 0.2) is 54.6 Å². The maximum atomic E-state index is 13.2. The molecule has 0 aromatic heterocycles. The van der Waals surface area contributed by atoms with Crippen LogP contribution >= 0.6 is 23.2 Å². The smallest absolute Gasteiger partial charge is 0.309 e. The average Bonchev–Trinajstić information content (AvgIpc) is 2.87. The van der Waals surface area contributed by atoms with Crippen molar-refractivity contribution in [1.29, 1.82) is 0 Å². The Morgan fingerprint density at radius 1 is 0.972 bits per heavy atom. The third kappa shape index (κ3) is 10.4. The SMILES string of the molecule is CCOC(=O)[C@@H](CCCC(=O)[C@@H](N)Cc1ccc(/C(=C/CCCl)CCCl)cc1)Cc1ccc(F)cc1. The molecule has 0 bridgehead atoms. The van der Waals surface area contributed by atoms with Gasteiger partial charge in [0.2, 0.25) is 0 Å². The molecule has 2 aromatic carbocycles. The number of ketones is 1. The summed E-state index contributed by atoms with van der Waals surface area (Å²) in [5.74, 6) is 0.0600. The number of esters is 1. The number of halogens is 3. The van der Waals surface area contributed by atoms with E-state index < -0.39 is 6.04 Å². The summed E-state index contributed by atoms with van der Waals surface area (Å²) in [6, 6.07) is 13.5. The van der Waals surface area contributed by atoms with Gasteiger partial charge in [-0.2, -0.15) is 0 Å². The van der Waals surface area contributed by atoms with E-state index in [1.54, 1.807) is 19.1 Å². The molecule has 4 nitrogen and oxygen atoms in total. The summed E-state index contributed by atoms with van der Waals surface area (Å²) in [5, 5.41) is 0. The van der Waals surface area contributed by atoms with Gasteiger partial charge in [0, 0.05) is 18.2 Å². The molecule has 0 unspecified atom stereocenters. The summed E-state index contributed by atoms with van der Waals surface area (Å²) in [4.78, 5) is 25.1. The zero-order valence-corrected chi connectivity index (χ0v) is 22.4. The average molecular weight is 537 g/mol. The molecule has 0 fully saturated rings. The minimum Gasteiger partial charge on any atom is -0.466 e. The molecule has 0 saturated carbocycles. The first-order valence-corrected chi connectivity index (χ1v) is 13.5. The number of hydrogen-bond donors (Lipinski definition) is 1. The van der Waals surface area contributed by atoms with Gasteiger partial charge in [-0.05, 0) is 79.8 Å². The van der Waals surface area contributed by atoms with Gasteiger partial charge in [-0.3, -0.25) is 9.59 Å². The van der Waals surface area contributed by atoms with Gasteiger partial charge in [-0.1, -0.05) is 42.5 Å². The van der Waals surface area contributed by atoms with E-state index in [9.17, 15) is 14.0 Å². The van der Waals surface area contributed by atoms with Crippen LogP contribution in [0.1, 0.15) is 55.7 Å². The van der Waals surface area contributed by atoms with Crippen LogP contribution in [0.4, 0.5) is 4.39 Å². The van der Waals surface area contributed by atoms with Crippen molar-refractivity contribution in [3.05, 3.63) is 77.1 Å². The number of hydrogen-bond acceptors (Lipinski definition) is 4. The number of alkyl halides is 2. The predicted molar refractivity (Wildman–Crippen MR) is 146 cm³/mol. The Kier molecular flexibility index (Phi) is 13.8. The Hall–Kier alpha value is -2.21. The molecule has 0 saturated heterocycles. The first-order valence-electron chi connectivity index (χ1n) is 12.5. The Bertz CT molecular complexity index is 977. The van der Waals surface area contributed by atoms with E-state index in [1.807, 2.05) is 24.3 Å². The molecule has 0 spiro atoms. The molecular weight excluding hydrogens is 500 g/mol. The molecule has 0 aliphatic rings. The molecule has 2 atom stereocenters. The number of rotatable bonds is 16. The molecule has 0 radical (unpaired) electrons. The van der Waals surface area contributed by atoms with Crippen molar-refractivity contribution in [1.82, 2.24) is 0 Å². The maximum Gasteiger partial charge on any atom is 0.309 e. The van der Waals surface area contributed by atoms with Gasteiger partial charge in [-0.15, -0.1) is 23.2 Å². The van der Waals surface area contributed by atoms with E-state index in [1.165, 1.54) is 12.1 Å². The Morgan fingerprint density at radius 3 is 2.22 bits per heavy atom.